The highest BCUT2D eigenvalue weighted by molar-refractivity contribution is 7.90. The van der Waals surface area contributed by atoms with Gasteiger partial charge in [0.1, 0.15) is 15.9 Å². The maximum absolute atomic E-state index is 11.4. The van der Waals surface area contributed by atoms with Crippen molar-refractivity contribution in [3.8, 4) is 0 Å². The van der Waals surface area contributed by atoms with E-state index in [0.29, 0.717) is 6.42 Å². The summed E-state index contributed by atoms with van der Waals surface area (Å²) < 4.78 is 21.9. The average Bonchev–Trinajstić information content (AvgIpc) is 2.19. The van der Waals surface area contributed by atoms with Crippen LogP contribution in [0.15, 0.2) is 0 Å². The number of carbonyl (C=O) groups excluding carboxylic acids is 1. The molecule has 0 aliphatic rings. The first-order valence-corrected chi connectivity index (χ1v) is 7.63. The molecule has 0 bridgehead atoms. The molecular weight excluding hydrogens is 260 g/mol. The lowest BCUT2D eigenvalue weighted by atomic mass is 10.1. The molecule has 0 aliphatic carbocycles. The molecule has 0 heterocycles. The molecule has 0 aromatic rings. The van der Waals surface area contributed by atoms with E-state index in [0.717, 1.165) is 6.26 Å². The molecule has 4 N–H and O–H groups in total. The van der Waals surface area contributed by atoms with Gasteiger partial charge >= 0.3 is 5.97 Å². The number of rotatable bonds is 8. The van der Waals surface area contributed by atoms with Crippen molar-refractivity contribution in [3.05, 3.63) is 0 Å². The van der Waals surface area contributed by atoms with E-state index in [-0.39, 0.29) is 24.6 Å². The number of aliphatic carboxylic acids is 1. The topological polar surface area (TPSA) is 127 Å². The quantitative estimate of drug-likeness (QED) is 0.530. The Morgan fingerprint density at radius 2 is 1.89 bits per heavy atom. The van der Waals surface area contributed by atoms with Gasteiger partial charge in [-0.1, -0.05) is 0 Å². The van der Waals surface area contributed by atoms with Crippen molar-refractivity contribution in [2.75, 3.05) is 12.0 Å². The maximum Gasteiger partial charge on any atom is 0.326 e. The van der Waals surface area contributed by atoms with Crippen molar-refractivity contribution in [2.24, 2.45) is 5.73 Å². The van der Waals surface area contributed by atoms with Gasteiger partial charge in [-0.3, -0.25) is 4.79 Å². The Balaban J connectivity index is 4.28. The summed E-state index contributed by atoms with van der Waals surface area (Å²) >= 11 is 0. The van der Waals surface area contributed by atoms with Gasteiger partial charge in [0.25, 0.3) is 0 Å². The van der Waals surface area contributed by atoms with E-state index in [1.165, 1.54) is 0 Å². The van der Waals surface area contributed by atoms with E-state index in [1.54, 1.807) is 6.92 Å². The molecule has 106 valence electrons. The Bertz CT molecular complexity index is 391. The van der Waals surface area contributed by atoms with Crippen LogP contribution in [0.3, 0.4) is 0 Å². The summed E-state index contributed by atoms with van der Waals surface area (Å²) in [6, 6.07) is -1.32. The van der Waals surface area contributed by atoms with E-state index in [1.807, 2.05) is 0 Å². The third-order valence-corrected chi connectivity index (χ3v) is 3.21. The lowest BCUT2D eigenvalue weighted by Gasteiger charge is -2.14. The fourth-order valence-corrected chi connectivity index (χ4v) is 1.88. The fraction of sp³-hybridized carbons (Fsp3) is 0.800. The van der Waals surface area contributed by atoms with Gasteiger partial charge < -0.3 is 16.2 Å². The van der Waals surface area contributed by atoms with Crippen LogP contribution < -0.4 is 11.1 Å². The summed E-state index contributed by atoms with van der Waals surface area (Å²) in [4.78, 5) is 22.3. The molecule has 2 unspecified atom stereocenters. The fourth-order valence-electron chi connectivity index (χ4n) is 1.21. The summed E-state index contributed by atoms with van der Waals surface area (Å²) in [7, 11) is -3.25. The second kappa shape index (κ2) is 7.32. The summed E-state index contributed by atoms with van der Waals surface area (Å²) in [5.74, 6) is -1.96. The molecule has 0 aromatic carbocycles. The molecule has 0 rings (SSSR count). The van der Waals surface area contributed by atoms with Crippen LogP contribution in [0, 0.1) is 0 Å². The summed E-state index contributed by atoms with van der Waals surface area (Å²) in [5.41, 5.74) is 5.47. The third-order valence-electron chi connectivity index (χ3n) is 2.24. The smallest absolute Gasteiger partial charge is 0.326 e. The Kier molecular flexibility index (Phi) is 6.85. The van der Waals surface area contributed by atoms with Crippen molar-refractivity contribution in [3.63, 3.8) is 0 Å². The van der Waals surface area contributed by atoms with Crippen LogP contribution in [-0.4, -0.2) is 49.5 Å². The first kappa shape index (κ1) is 16.9. The van der Waals surface area contributed by atoms with Crippen LogP contribution in [0.25, 0.3) is 0 Å². The highest BCUT2D eigenvalue weighted by atomic mass is 32.2. The molecule has 0 aromatic heterocycles. The Morgan fingerprint density at radius 1 is 1.33 bits per heavy atom. The molecule has 0 saturated heterocycles. The average molecular weight is 280 g/mol. The zero-order valence-electron chi connectivity index (χ0n) is 10.5. The Hall–Kier alpha value is -1.15. The zero-order valence-corrected chi connectivity index (χ0v) is 11.4. The van der Waals surface area contributed by atoms with E-state index in [2.05, 4.69) is 5.32 Å². The molecule has 0 fully saturated rings. The standard InChI is InChI=1S/C10H20N2O5S/c1-7(11)3-4-9(13)12-8(10(14)15)5-6-18(2,16)17/h7-8H,3-6,11H2,1-2H3,(H,12,13)(H,14,15). The van der Waals surface area contributed by atoms with Gasteiger partial charge in [0.2, 0.25) is 5.91 Å². The summed E-state index contributed by atoms with van der Waals surface area (Å²) in [6.07, 6.45) is 1.45. The number of hydrogen-bond donors (Lipinski definition) is 3. The van der Waals surface area contributed by atoms with Gasteiger partial charge in [0, 0.05) is 18.7 Å². The first-order chi connectivity index (χ1) is 8.11. The molecule has 0 saturated carbocycles. The molecule has 0 aliphatic heterocycles. The number of amides is 1. The van der Waals surface area contributed by atoms with Gasteiger partial charge in [-0.25, -0.2) is 13.2 Å². The van der Waals surface area contributed by atoms with Gasteiger partial charge in [0.05, 0.1) is 5.75 Å². The van der Waals surface area contributed by atoms with Crippen LogP contribution in [0.1, 0.15) is 26.2 Å². The molecule has 2 atom stereocenters. The highest BCUT2D eigenvalue weighted by Gasteiger charge is 2.21. The maximum atomic E-state index is 11.4. The van der Waals surface area contributed by atoms with Crippen molar-refractivity contribution >= 4 is 21.7 Å². The number of carboxylic acids is 1. The van der Waals surface area contributed by atoms with E-state index in [4.69, 9.17) is 10.8 Å². The number of hydrogen-bond acceptors (Lipinski definition) is 5. The van der Waals surface area contributed by atoms with Crippen LogP contribution in [0.5, 0.6) is 0 Å². The predicted molar refractivity (Wildman–Crippen MR) is 66.8 cm³/mol. The molecule has 0 radical (unpaired) electrons. The van der Waals surface area contributed by atoms with Gasteiger partial charge in [-0.05, 0) is 19.8 Å². The Morgan fingerprint density at radius 3 is 2.28 bits per heavy atom. The number of carboxylic acid groups (broad SMARTS) is 1. The van der Waals surface area contributed by atoms with Crippen LogP contribution in [0.4, 0.5) is 0 Å². The molecule has 7 nitrogen and oxygen atoms in total. The largest absolute Gasteiger partial charge is 0.480 e. The minimum absolute atomic E-state index is 0.125. The third kappa shape index (κ3) is 8.94. The molecular formula is C10H20N2O5S. The zero-order chi connectivity index (χ0) is 14.3. The van der Waals surface area contributed by atoms with E-state index >= 15 is 0 Å². The minimum Gasteiger partial charge on any atom is -0.480 e. The second-order valence-electron chi connectivity index (χ2n) is 4.39. The Labute approximate surface area is 107 Å². The molecule has 1 amide bonds. The number of nitrogens with two attached hydrogens (primary N) is 1. The minimum atomic E-state index is -3.25. The van der Waals surface area contributed by atoms with Gasteiger partial charge in [0.15, 0.2) is 0 Å². The number of nitrogens with one attached hydrogen (secondary N) is 1. The molecule has 8 heteroatoms. The van der Waals surface area contributed by atoms with Gasteiger partial charge in [-0.15, -0.1) is 0 Å². The molecule has 0 spiro atoms. The summed E-state index contributed by atoms with van der Waals surface area (Å²) in [5, 5.41) is 11.1. The van der Waals surface area contributed by atoms with Crippen molar-refractivity contribution in [1.29, 1.82) is 0 Å². The molecule has 18 heavy (non-hydrogen) atoms. The van der Waals surface area contributed by atoms with Crippen molar-refractivity contribution in [2.45, 2.75) is 38.3 Å². The van der Waals surface area contributed by atoms with E-state index < -0.39 is 27.8 Å². The predicted octanol–water partition coefficient (Wildman–Crippen LogP) is -0.882. The van der Waals surface area contributed by atoms with E-state index in [9.17, 15) is 18.0 Å². The summed E-state index contributed by atoms with van der Waals surface area (Å²) in [6.45, 7) is 1.74. The lowest BCUT2D eigenvalue weighted by molar-refractivity contribution is -0.141. The van der Waals surface area contributed by atoms with Crippen LogP contribution in [0.2, 0.25) is 0 Å². The van der Waals surface area contributed by atoms with Crippen LogP contribution in [-0.2, 0) is 19.4 Å². The monoisotopic (exact) mass is 280 g/mol. The van der Waals surface area contributed by atoms with Gasteiger partial charge in [-0.2, -0.15) is 0 Å². The number of carbonyl (C=O) groups is 2. The SMILES string of the molecule is CC(N)CCC(=O)NC(CCS(C)(=O)=O)C(=O)O. The number of sulfone groups is 1. The highest BCUT2D eigenvalue weighted by Crippen LogP contribution is 2.00. The first-order valence-electron chi connectivity index (χ1n) is 5.57. The lowest BCUT2D eigenvalue weighted by Crippen LogP contribution is -2.42. The van der Waals surface area contributed by atoms with Crippen molar-refractivity contribution in [1.82, 2.24) is 5.32 Å². The second-order valence-corrected chi connectivity index (χ2v) is 6.65. The van der Waals surface area contributed by atoms with Crippen LogP contribution >= 0.6 is 0 Å². The normalized spacial score (nSPS) is 14.8. The van der Waals surface area contributed by atoms with Crippen molar-refractivity contribution < 1.29 is 23.1 Å².